The molecule has 0 radical (unpaired) electrons. The number of hydrogen-bond acceptors (Lipinski definition) is 4. The van der Waals surface area contributed by atoms with Crippen LogP contribution in [0.3, 0.4) is 0 Å². The van der Waals surface area contributed by atoms with E-state index in [0.717, 1.165) is 0 Å². The summed E-state index contributed by atoms with van der Waals surface area (Å²) in [4.78, 5) is 18.0. The van der Waals surface area contributed by atoms with E-state index in [2.05, 4.69) is 19.7 Å². The van der Waals surface area contributed by atoms with Crippen molar-refractivity contribution in [2.75, 3.05) is 7.11 Å². The molecule has 0 spiro atoms. The van der Waals surface area contributed by atoms with E-state index < -0.39 is 5.97 Å². The molecule has 2 aromatic heterocycles. The molecule has 2 rings (SSSR count). The average Bonchev–Trinajstić information content (AvgIpc) is 2.76. The number of nitrogens with zero attached hydrogens (tertiary/aromatic N) is 5. The van der Waals surface area contributed by atoms with Crippen molar-refractivity contribution in [3.63, 3.8) is 0 Å². The van der Waals surface area contributed by atoms with E-state index in [9.17, 15) is 4.79 Å². The minimum absolute atomic E-state index is 0.287. The monoisotopic (exact) mass is 217 g/mol. The summed E-state index contributed by atoms with van der Waals surface area (Å²) in [7, 11) is 1.29. The highest BCUT2D eigenvalue weighted by atomic mass is 16.5. The average molecular weight is 217 g/mol. The SMILES string of the molecule is COC(=O)c1cc(N=[N+]=[N-])c2nccn2c1. The van der Waals surface area contributed by atoms with E-state index >= 15 is 0 Å². The van der Waals surface area contributed by atoms with Crippen LogP contribution in [-0.2, 0) is 4.74 Å². The Balaban J connectivity index is 2.70. The third kappa shape index (κ3) is 1.55. The molecule has 0 aliphatic heterocycles. The summed E-state index contributed by atoms with van der Waals surface area (Å²) in [5.74, 6) is -0.495. The van der Waals surface area contributed by atoms with Crippen LogP contribution in [0.1, 0.15) is 10.4 Å². The summed E-state index contributed by atoms with van der Waals surface area (Å²) < 4.78 is 6.18. The molecule has 2 heterocycles. The highest BCUT2D eigenvalue weighted by Crippen LogP contribution is 2.21. The Kier molecular flexibility index (Phi) is 2.45. The number of carbonyl (C=O) groups is 1. The molecule has 0 unspecified atom stereocenters. The van der Waals surface area contributed by atoms with Gasteiger partial charge in [-0.3, -0.25) is 0 Å². The van der Waals surface area contributed by atoms with Crippen molar-refractivity contribution in [3.8, 4) is 0 Å². The van der Waals surface area contributed by atoms with Crippen LogP contribution in [0.5, 0.6) is 0 Å². The number of carbonyl (C=O) groups excluding carboxylic acids is 1. The van der Waals surface area contributed by atoms with Gasteiger partial charge in [-0.15, -0.1) is 0 Å². The summed E-state index contributed by atoms with van der Waals surface area (Å²) >= 11 is 0. The molecule has 7 heteroatoms. The number of aromatic nitrogens is 2. The molecular weight excluding hydrogens is 210 g/mol. The Hall–Kier alpha value is -2.53. The number of pyridine rings is 1. The van der Waals surface area contributed by atoms with Gasteiger partial charge in [0.2, 0.25) is 0 Å². The summed E-state index contributed by atoms with van der Waals surface area (Å²) in [6, 6.07) is 1.44. The third-order valence-electron chi connectivity index (χ3n) is 2.04. The topological polar surface area (TPSA) is 92.4 Å². The van der Waals surface area contributed by atoms with E-state index in [1.807, 2.05) is 0 Å². The van der Waals surface area contributed by atoms with Crippen molar-refractivity contribution in [3.05, 3.63) is 40.7 Å². The lowest BCUT2D eigenvalue weighted by Gasteiger charge is -2.02. The van der Waals surface area contributed by atoms with Gasteiger partial charge in [-0.2, -0.15) is 0 Å². The van der Waals surface area contributed by atoms with Crippen LogP contribution in [-0.4, -0.2) is 22.5 Å². The predicted molar refractivity (Wildman–Crippen MR) is 55.3 cm³/mol. The van der Waals surface area contributed by atoms with E-state index in [4.69, 9.17) is 5.53 Å². The van der Waals surface area contributed by atoms with E-state index in [0.29, 0.717) is 11.2 Å². The Morgan fingerprint density at radius 1 is 1.69 bits per heavy atom. The molecule has 2 aromatic rings. The molecule has 0 fully saturated rings. The molecule has 0 N–H and O–H groups in total. The predicted octanol–water partition coefficient (Wildman–Crippen LogP) is 2.06. The normalized spacial score (nSPS) is 9.81. The smallest absolute Gasteiger partial charge is 0.339 e. The summed E-state index contributed by atoms with van der Waals surface area (Å²) in [6.07, 6.45) is 4.76. The Bertz CT molecular complexity index is 597. The van der Waals surface area contributed by atoms with Gasteiger partial charge in [0.05, 0.1) is 18.4 Å². The zero-order chi connectivity index (χ0) is 11.5. The Labute approximate surface area is 89.9 Å². The Morgan fingerprint density at radius 3 is 3.19 bits per heavy atom. The molecule has 0 aliphatic rings. The fourth-order valence-electron chi connectivity index (χ4n) is 1.37. The van der Waals surface area contributed by atoms with Crippen molar-refractivity contribution >= 4 is 17.3 Å². The summed E-state index contributed by atoms with van der Waals surface area (Å²) in [6.45, 7) is 0. The fraction of sp³-hybridized carbons (Fsp3) is 0.111. The second-order valence-electron chi connectivity index (χ2n) is 2.95. The first kappa shape index (κ1) is 10.0. The second kappa shape index (κ2) is 3.92. The number of ether oxygens (including phenoxy) is 1. The molecule has 0 saturated heterocycles. The van der Waals surface area contributed by atoms with Gasteiger partial charge in [-0.1, -0.05) is 5.11 Å². The third-order valence-corrected chi connectivity index (χ3v) is 2.04. The second-order valence-corrected chi connectivity index (χ2v) is 2.95. The standard InChI is InChI=1S/C9H7N5O2/c1-16-9(15)6-4-7(12-13-10)8-11-2-3-14(8)5-6/h2-5H,1H3. The number of azide groups is 1. The molecule has 0 saturated carbocycles. The molecule has 0 amide bonds. The largest absolute Gasteiger partial charge is 0.465 e. The lowest BCUT2D eigenvalue weighted by molar-refractivity contribution is 0.0600. The van der Waals surface area contributed by atoms with Crippen molar-refractivity contribution in [1.82, 2.24) is 9.38 Å². The number of esters is 1. The first-order valence-corrected chi connectivity index (χ1v) is 4.36. The quantitative estimate of drug-likeness (QED) is 0.333. The van der Waals surface area contributed by atoms with Crippen LogP contribution < -0.4 is 0 Å². The zero-order valence-electron chi connectivity index (χ0n) is 8.36. The highest BCUT2D eigenvalue weighted by Gasteiger charge is 2.10. The van der Waals surface area contributed by atoms with Crippen LogP contribution in [0.25, 0.3) is 16.1 Å². The number of fused-ring (bicyclic) bond motifs is 1. The fourth-order valence-corrected chi connectivity index (χ4v) is 1.37. The Morgan fingerprint density at radius 2 is 2.50 bits per heavy atom. The molecule has 0 atom stereocenters. The van der Waals surface area contributed by atoms with Gasteiger partial charge in [0.1, 0.15) is 5.65 Å². The number of imidazole rings is 1. The number of hydrogen-bond donors (Lipinski definition) is 0. The van der Waals surface area contributed by atoms with Crippen molar-refractivity contribution in [1.29, 1.82) is 0 Å². The summed E-state index contributed by atoms with van der Waals surface area (Å²) in [5, 5.41) is 3.47. The lowest BCUT2D eigenvalue weighted by atomic mass is 10.2. The highest BCUT2D eigenvalue weighted by molar-refractivity contribution is 5.91. The van der Waals surface area contributed by atoms with Crippen LogP contribution in [0.4, 0.5) is 5.69 Å². The van der Waals surface area contributed by atoms with Crippen LogP contribution in [0.2, 0.25) is 0 Å². The molecule has 16 heavy (non-hydrogen) atoms. The lowest BCUT2D eigenvalue weighted by Crippen LogP contribution is -2.02. The molecule has 0 aliphatic carbocycles. The van der Waals surface area contributed by atoms with Gasteiger partial charge in [-0.05, 0) is 11.6 Å². The minimum atomic E-state index is -0.495. The maximum Gasteiger partial charge on any atom is 0.339 e. The van der Waals surface area contributed by atoms with Crippen molar-refractivity contribution in [2.24, 2.45) is 5.11 Å². The molecule has 0 aromatic carbocycles. The first-order chi connectivity index (χ1) is 7.76. The van der Waals surface area contributed by atoms with E-state index in [1.54, 1.807) is 23.0 Å². The summed E-state index contributed by atoms with van der Waals surface area (Å²) in [5.41, 5.74) is 9.49. The number of methoxy groups -OCH3 is 1. The molecule has 0 bridgehead atoms. The molecule has 80 valence electrons. The van der Waals surface area contributed by atoms with Gasteiger partial charge >= 0.3 is 5.97 Å². The van der Waals surface area contributed by atoms with Crippen LogP contribution in [0, 0.1) is 0 Å². The van der Waals surface area contributed by atoms with Gasteiger partial charge in [-0.25, -0.2) is 9.78 Å². The minimum Gasteiger partial charge on any atom is -0.465 e. The first-order valence-electron chi connectivity index (χ1n) is 4.36. The van der Waals surface area contributed by atoms with Gasteiger partial charge < -0.3 is 9.14 Å². The zero-order valence-corrected chi connectivity index (χ0v) is 8.36. The van der Waals surface area contributed by atoms with Crippen molar-refractivity contribution in [2.45, 2.75) is 0 Å². The van der Waals surface area contributed by atoms with Gasteiger partial charge in [0.15, 0.2) is 0 Å². The van der Waals surface area contributed by atoms with Crippen LogP contribution in [0.15, 0.2) is 29.8 Å². The van der Waals surface area contributed by atoms with E-state index in [1.165, 1.54) is 13.2 Å². The van der Waals surface area contributed by atoms with Crippen LogP contribution >= 0.6 is 0 Å². The van der Waals surface area contributed by atoms with Crippen molar-refractivity contribution < 1.29 is 9.53 Å². The molecule has 7 nitrogen and oxygen atoms in total. The van der Waals surface area contributed by atoms with Gasteiger partial charge in [0, 0.05) is 23.5 Å². The number of rotatable bonds is 2. The van der Waals surface area contributed by atoms with E-state index in [-0.39, 0.29) is 5.69 Å². The van der Waals surface area contributed by atoms with Gasteiger partial charge in [0.25, 0.3) is 0 Å². The molecular formula is C9H7N5O2. The maximum absolute atomic E-state index is 11.3. The maximum atomic E-state index is 11.3.